The molecule has 6 heteroatoms. The molecule has 0 bridgehead atoms. The number of likely N-dealkylation sites (N-methyl/N-ethyl adjacent to an activating group) is 1. The molecular weight excluding hydrogens is 344 g/mol. The van der Waals surface area contributed by atoms with Gasteiger partial charge in [-0.25, -0.2) is 0 Å². The van der Waals surface area contributed by atoms with Crippen molar-refractivity contribution in [3.05, 3.63) is 46.5 Å². The molecule has 2 heterocycles. The van der Waals surface area contributed by atoms with Gasteiger partial charge in [-0.1, -0.05) is 6.07 Å². The number of methoxy groups -OCH3 is 2. The molecule has 0 saturated carbocycles. The first-order valence-electron chi connectivity index (χ1n) is 8.93. The molecule has 140 valence electrons. The lowest BCUT2D eigenvalue weighted by Gasteiger charge is -2.28. The van der Waals surface area contributed by atoms with Gasteiger partial charge < -0.3 is 18.9 Å². The Kier molecular flexibility index (Phi) is 4.54. The molecular formula is C21H22N2O4. The summed E-state index contributed by atoms with van der Waals surface area (Å²) in [5.74, 6) is 2.67. The zero-order valence-electron chi connectivity index (χ0n) is 15.7. The van der Waals surface area contributed by atoms with Crippen molar-refractivity contribution in [2.45, 2.75) is 18.9 Å². The second kappa shape index (κ2) is 7.01. The van der Waals surface area contributed by atoms with Crippen molar-refractivity contribution in [3.63, 3.8) is 0 Å². The third-order valence-electron chi connectivity index (χ3n) is 5.42. The first-order chi connectivity index (χ1) is 13.2. The van der Waals surface area contributed by atoms with Crippen molar-refractivity contribution in [2.24, 2.45) is 0 Å². The molecule has 0 radical (unpaired) electrons. The van der Waals surface area contributed by atoms with Crippen LogP contribution >= 0.6 is 0 Å². The van der Waals surface area contributed by atoms with Crippen LogP contribution in [0.25, 0.3) is 0 Å². The first kappa shape index (κ1) is 17.5. The average molecular weight is 366 g/mol. The Bertz CT molecular complexity index is 919. The van der Waals surface area contributed by atoms with Crippen LogP contribution in [0.4, 0.5) is 0 Å². The lowest BCUT2D eigenvalue weighted by molar-refractivity contribution is 0.174. The molecule has 0 spiro atoms. The van der Waals surface area contributed by atoms with Crippen molar-refractivity contribution in [2.75, 3.05) is 34.6 Å². The number of fused-ring (bicyclic) bond motifs is 2. The molecule has 6 nitrogen and oxygen atoms in total. The summed E-state index contributed by atoms with van der Waals surface area (Å²) in [6.45, 7) is 1.16. The maximum absolute atomic E-state index is 9.82. The third kappa shape index (κ3) is 2.94. The van der Waals surface area contributed by atoms with E-state index in [9.17, 15) is 5.26 Å². The van der Waals surface area contributed by atoms with Gasteiger partial charge in [-0.2, -0.15) is 5.26 Å². The topological polar surface area (TPSA) is 64.0 Å². The minimum absolute atomic E-state index is 0.0566. The molecule has 2 aromatic carbocycles. The molecule has 0 saturated heterocycles. The van der Waals surface area contributed by atoms with E-state index in [2.05, 4.69) is 30.1 Å². The highest BCUT2D eigenvalue weighted by atomic mass is 16.7. The summed E-state index contributed by atoms with van der Waals surface area (Å²) in [5.41, 5.74) is 3.97. The molecule has 1 atom stereocenters. The third-order valence-corrected chi connectivity index (χ3v) is 5.42. The van der Waals surface area contributed by atoms with Crippen LogP contribution in [0.2, 0.25) is 0 Å². The highest BCUT2D eigenvalue weighted by Crippen LogP contribution is 2.41. The van der Waals surface area contributed by atoms with E-state index in [4.69, 9.17) is 18.9 Å². The van der Waals surface area contributed by atoms with Crippen LogP contribution in [0.5, 0.6) is 23.0 Å². The highest BCUT2D eigenvalue weighted by molar-refractivity contribution is 5.58. The minimum Gasteiger partial charge on any atom is -0.493 e. The van der Waals surface area contributed by atoms with E-state index in [0.29, 0.717) is 17.1 Å². The average Bonchev–Trinajstić information content (AvgIpc) is 3.09. The smallest absolute Gasteiger partial charge is 0.231 e. The zero-order chi connectivity index (χ0) is 19.0. The number of benzene rings is 2. The molecule has 2 aromatic rings. The van der Waals surface area contributed by atoms with Gasteiger partial charge in [0.15, 0.2) is 23.0 Å². The van der Waals surface area contributed by atoms with Crippen molar-refractivity contribution in [3.8, 4) is 29.1 Å². The van der Waals surface area contributed by atoms with E-state index in [0.717, 1.165) is 36.4 Å². The highest BCUT2D eigenvalue weighted by Gasteiger charge is 2.29. The standard InChI is InChI=1S/C21H22N2O4/c1-23-7-6-13-9-19-20(27-12-26-19)10-14(13)8-17(23)15-4-5-18(24-2)21(25-3)16(15)11-22/h4-5,9-10,17H,6-8,12H2,1-3H3. The summed E-state index contributed by atoms with van der Waals surface area (Å²) in [7, 11) is 5.24. The molecule has 2 aliphatic rings. The number of hydrogen-bond donors (Lipinski definition) is 0. The minimum atomic E-state index is 0.0566. The predicted octanol–water partition coefficient (Wildman–Crippen LogP) is 3.08. The van der Waals surface area contributed by atoms with Gasteiger partial charge in [-0.15, -0.1) is 0 Å². The largest absolute Gasteiger partial charge is 0.493 e. The Morgan fingerprint density at radius 1 is 1.11 bits per heavy atom. The Hall–Kier alpha value is -2.91. The van der Waals surface area contributed by atoms with Crippen molar-refractivity contribution in [1.82, 2.24) is 4.90 Å². The molecule has 0 aliphatic carbocycles. The maximum atomic E-state index is 9.82. The number of nitrogens with zero attached hydrogens (tertiary/aromatic N) is 2. The van der Waals surface area contributed by atoms with E-state index in [-0.39, 0.29) is 12.8 Å². The van der Waals surface area contributed by atoms with Crippen LogP contribution in [0.3, 0.4) is 0 Å². The second-order valence-electron chi connectivity index (χ2n) is 6.80. The quantitative estimate of drug-likeness (QED) is 0.832. The van der Waals surface area contributed by atoms with Gasteiger partial charge in [-0.3, -0.25) is 4.90 Å². The van der Waals surface area contributed by atoms with Gasteiger partial charge in [0.05, 0.1) is 14.2 Å². The van der Waals surface area contributed by atoms with Crippen molar-refractivity contribution in [1.29, 1.82) is 5.26 Å². The van der Waals surface area contributed by atoms with E-state index >= 15 is 0 Å². The summed E-state index contributed by atoms with van der Waals surface area (Å²) in [6.07, 6.45) is 1.71. The summed E-state index contributed by atoms with van der Waals surface area (Å²) in [6, 6.07) is 10.4. The molecule has 0 fully saturated rings. The van der Waals surface area contributed by atoms with Gasteiger partial charge in [-0.05, 0) is 54.8 Å². The summed E-state index contributed by atoms with van der Waals surface area (Å²) in [5, 5.41) is 9.82. The predicted molar refractivity (Wildman–Crippen MR) is 99.6 cm³/mol. The van der Waals surface area contributed by atoms with Crippen LogP contribution < -0.4 is 18.9 Å². The Labute approximate surface area is 158 Å². The molecule has 0 amide bonds. The van der Waals surface area contributed by atoms with Crippen molar-refractivity contribution >= 4 is 0 Å². The molecule has 27 heavy (non-hydrogen) atoms. The van der Waals surface area contributed by atoms with Crippen LogP contribution in [0.1, 0.15) is 28.3 Å². The normalized spacial score (nSPS) is 18.4. The molecule has 0 aromatic heterocycles. The Morgan fingerprint density at radius 2 is 1.85 bits per heavy atom. The van der Waals surface area contributed by atoms with Crippen LogP contribution in [-0.4, -0.2) is 39.5 Å². The van der Waals surface area contributed by atoms with Gasteiger partial charge in [0.2, 0.25) is 6.79 Å². The second-order valence-corrected chi connectivity index (χ2v) is 6.80. The van der Waals surface area contributed by atoms with Crippen molar-refractivity contribution < 1.29 is 18.9 Å². The fraction of sp³-hybridized carbons (Fsp3) is 0.381. The molecule has 2 aliphatic heterocycles. The van der Waals surface area contributed by atoms with Gasteiger partial charge >= 0.3 is 0 Å². The number of rotatable bonds is 3. The Morgan fingerprint density at radius 3 is 2.52 bits per heavy atom. The fourth-order valence-electron chi connectivity index (χ4n) is 3.95. The van der Waals surface area contributed by atoms with Gasteiger partial charge in [0.1, 0.15) is 11.6 Å². The number of ether oxygens (including phenoxy) is 4. The Balaban J connectivity index is 1.78. The maximum Gasteiger partial charge on any atom is 0.231 e. The SMILES string of the molecule is COc1ccc(C2Cc3cc4c(cc3CCN2C)OCO4)c(C#N)c1OC. The zero-order valence-corrected chi connectivity index (χ0v) is 15.7. The summed E-state index contributed by atoms with van der Waals surface area (Å²) in [4.78, 5) is 2.29. The summed E-state index contributed by atoms with van der Waals surface area (Å²) < 4.78 is 21.9. The van der Waals surface area contributed by atoms with Crippen LogP contribution in [0, 0.1) is 11.3 Å². The number of hydrogen-bond acceptors (Lipinski definition) is 6. The molecule has 1 unspecified atom stereocenters. The monoisotopic (exact) mass is 366 g/mol. The fourth-order valence-corrected chi connectivity index (χ4v) is 3.95. The van der Waals surface area contributed by atoms with E-state index < -0.39 is 0 Å². The van der Waals surface area contributed by atoms with Crippen LogP contribution in [-0.2, 0) is 12.8 Å². The molecule has 4 rings (SSSR count). The van der Waals surface area contributed by atoms with Crippen LogP contribution in [0.15, 0.2) is 24.3 Å². The van der Waals surface area contributed by atoms with E-state index in [1.54, 1.807) is 14.2 Å². The lowest BCUT2D eigenvalue weighted by atomic mass is 9.92. The van der Waals surface area contributed by atoms with Gasteiger partial charge in [0.25, 0.3) is 0 Å². The lowest BCUT2D eigenvalue weighted by Crippen LogP contribution is -2.27. The molecule has 0 N–H and O–H groups in total. The van der Waals surface area contributed by atoms with Gasteiger partial charge in [0, 0.05) is 12.6 Å². The number of nitriles is 1. The van der Waals surface area contributed by atoms with E-state index in [1.807, 2.05) is 12.1 Å². The first-order valence-corrected chi connectivity index (χ1v) is 8.93. The summed E-state index contributed by atoms with van der Waals surface area (Å²) >= 11 is 0. The van der Waals surface area contributed by atoms with E-state index in [1.165, 1.54) is 11.1 Å².